The molecule has 0 fully saturated rings. The van der Waals surface area contributed by atoms with Gasteiger partial charge in [0.15, 0.2) is 0 Å². The van der Waals surface area contributed by atoms with Crippen LogP contribution in [-0.4, -0.2) is 16.4 Å². The standard InChI is InChI=1S/C35H20BN3S/c1-4-14-28-26(11-1)33-30(16-8-18-37-33)38-31-20-21(19-27-23-9-2-5-15-29(23)39(34(27)31)36(28)38)22-12-7-13-25-24-10-3-6-17-32(24)40-35(22)25/h1-20H. The van der Waals surface area contributed by atoms with Crippen LogP contribution in [0.25, 0.3) is 64.4 Å². The van der Waals surface area contributed by atoms with Gasteiger partial charge in [0.1, 0.15) is 0 Å². The Morgan fingerprint density at radius 2 is 1.43 bits per heavy atom. The summed E-state index contributed by atoms with van der Waals surface area (Å²) in [5, 5.41) is 5.27. The lowest BCUT2D eigenvalue weighted by molar-refractivity contribution is 1.25. The summed E-state index contributed by atoms with van der Waals surface area (Å²) in [6.07, 6.45) is 1.91. The fourth-order valence-electron chi connectivity index (χ4n) is 7.20. The second kappa shape index (κ2) is 7.41. The Morgan fingerprint density at radius 1 is 0.625 bits per heavy atom. The summed E-state index contributed by atoms with van der Waals surface area (Å²) in [5.74, 6) is 0. The summed E-state index contributed by atoms with van der Waals surface area (Å²) in [7, 11) is 0. The SMILES string of the molecule is c1ccc2c(c1)B1N(c3cccnc3-2)c2cc(-c3cccc4c3sc3ccccc34)cc3c4ccccc4n1c23. The lowest BCUT2D eigenvalue weighted by Crippen LogP contribution is -2.51. The molecule has 2 aliphatic rings. The van der Waals surface area contributed by atoms with Gasteiger partial charge in [0.05, 0.1) is 22.6 Å². The van der Waals surface area contributed by atoms with Crippen LogP contribution in [0, 0.1) is 0 Å². The second-order valence-corrected chi connectivity index (χ2v) is 11.8. The molecule has 184 valence electrons. The summed E-state index contributed by atoms with van der Waals surface area (Å²) < 4.78 is 5.23. The maximum Gasteiger partial charge on any atom is 0.421 e. The second-order valence-electron chi connectivity index (χ2n) is 10.8. The highest BCUT2D eigenvalue weighted by Crippen LogP contribution is 2.50. The maximum absolute atomic E-state index is 4.89. The third kappa shape index (κ3) is 2.49. The van der Waals surface area contributed by atoms with Crippen molar-refractivity contribution < 1.29 is 0 Å². The van der Waals surface area contributed by atoms with E-state index < -0.39 is 0 Å². The molecule has 5 heteroatoms. The predicted octanol–water partition coefficient (Wildman–Crippen LogP) is 8.60. The zero-order valence-corrected chi connectivity index (χ0v) is 22.2. The Bertz CT molecular complexity index is 2370. The predicted molar refractivity (Wildman–Crippen MR) is 170 cm³/mol. The van der Waals surface area contributed by atoms with Crippen molar-refractivity contribution in [1.29, 1.82) is 0 Å². The first kappa shape index (κ1) is 21.0. The van der Waals surface area contributed by atoms with Crippen LogP contribution in [0.5, 0.6) is 0 Å². The summed E-state index contributed by atoms with van der Waals surface area (Å²) in [4.78, 5) is 7.41. The lowest BCUT2D eigenvalue weighted by atomic mass is 9.61. The van der Waals surface area contributed by atoms with Gasteiger partial charge in [0, 0.05) is 48.2 Å². The zero-order valence-electron chi connectivity index (χ0n) is 21.4. The van der Waals surface area contributed by atoms with Crippen LogP contribution in [0.15, 0.2) is 121 Å². The highest BCUT2D eigenvalue weighted by Gasteiger charge is 2.45. The Hall–Kier alpha value is -4.87. The molecule has 8 aromatic rings. The van der Waals surface area contributed by atoms with E-state index in [-0.39, 0.29) is 6.98 Å². The summed E-state index contributed by atoms with van der Waals surface area (Å²) >= 11 is 1.89. The molecule has 0 amide bonds. The number of pyridine rings is 1. The molecule has 5 aromatic carbocycles. The topological polar surface area (TPSA) is 21.1 Å². The first-order valence-electron chi connectivity index (χ1n) is 13.7. The van der Waals surface area contributed by atoms with Gasteiger partial charge in [-0.25, -0.2) is 0 Å². The average Bonchev–Trinajstić information content (AvgIpc) is 3.68. The van der Waals surface area contributed by atoms with Crippen LogP contribution >= 0.6 is 11.3 Å². The van der Waals surface area contributed by atoms with Crippen LogP contribution in [0.4, 0.5) is 11.4 Å². The van der Waals surface area contributed by atoms with Gasteiger partial charge < -0.3 is 9.29 Å². The Morgan fingerprint density at radius 3 is 2.40 bits per heavy atom. The van der Waals surface area contributed by atoms with Crippen LogP contribution in [-0.2, 0) is 0 Å². The van der Waals surface area contributed by atoms with Crippen molar-refractivity contribution in [1.82, 2.24) is 9.46 Å². The number of aromatic nitrogens is 2. The molecule has 2 aliphatic heterocycles. The average molecular weight is 525 g/mol. The van der Waals surface area contributed by atoms with Crippen LogP contribution in [0.2, 0.25) is 0 Å². The molecular weight excluding hydrogens is 505 g/mol. The van der Waals surface area contributed by atoms with E-state index in [1.807, 2.05) is 17.5 Å². The summed E-state index contributed by atoms with van der Waals surface area (Å²) in [6.45, 7) is 0.0423. The molecule has 3 aromatic heterocycles. The molecule has 0 bridgehead atoms. The number of hydrogen-bond donors (Lipinski definition) is 0. The third-order valence-corrected chi connectivity index (χ3v) is 10.0. The fourth-order valence-corrected chi connectivity index (χ4v) is 8.44. The van der Waals surface area contributed by atoms with E-state index >= 15 is 0 Å². The molecule has 0 spiro atoms. The van der Waals surface area contributed by atoms with E-state index in [4.69, 9.17) is 4.98 Å². The Labute approximate surface area is 234 Å². The van der Waals surface area contributed by atoms with E-state index in [0.29, 0.717) is 0 Å². The van der Waals surface area contributed by atoms with E-state index in [1.54, 1.807) is 0 Å². The Balaban J connectivity index is 1.34. The Kier molecular flexibility index (Phi) is 3.89. The molecule has 0 unspecified atom stereocenters. The van der Waals surface area contributed by atoms with Gasteiger partial charge >= 0.3 is 6.98 Å². The number of nitrogens with zero attached hydrogens (tertiary/aromatic N) is 3. The van der Waals surface area contributed by atoms with Crippen molar-refractivity contribution >= 4 is 77.1 Å². The van der Waals surface area contributed by atoms with Crippen molar-refractivity contribution in [3.05, 3.63) is 121 Å². The molecule has 0 radical (unpaired) electrons. The number of para-hydroxylation sites is 1. The van der Waals surface area contributed by atoms with Gasteiger partial charge in [-0.3, -0.25) is 4.98 Å². The first-order valence-corrected chi connectivity index (χ1v) is 14.5. The maximum atomic E-state index is 4.89. The number of hydrogen-bond acceptors (Lipinski definition) is 3. The molecule has 10 rings (SSSR count). The van der Waals surface area contributed by atoms with Gasteiger partial charge in [-0.2, -0.15) is 0 Å². The summed E-state index contributed by atoms with van der Waals surface area (Å²) in [5.41, 5.74) is 11.1. The smallest absolute Gasteiger partial charge is 0.359 e. The zero-order chi connectivity index (χ0) is 25.9. The van der Waals surface area contributed by atoms with Gasteiger partial charge in [-0.1, -0.05) is 78.9 Å². The van der Waals surface area contributed by atoms with E-state index in [0.717, 1.165) is 11.4 Å². The number of rotatable bonds is 1. The molecule has 0 saturated heterocycles. The molecule has 0 atom stereocenters. The number of thiophene rings is 1. The van der Waals surface area contributed by atoms with Crippen molar-refractivity contribution in [3.63, 3.8) is 0 Å². The van der Waals surface area contributed by atoms with Crippen LogP contribution < -0.4 is 10.3 Å². The summed E-state index contributed by atoms with van der Waals surface area (Å²) in [6, 6.07) is 42.3. The molecule has 0 N–H and O–H groups in total. The van der Waals surface area contributed by atoms with Crippen molar-refractivity contribution in [2.45, 2.75) is 0 Å². The highest BCUT2D eigenvalue weighted by molar-refractivity contribution is 7.26. The number of anilines is 2. The van der Waals surface area contributed by atoms with E-state index in [2.05, 4.69) is 125 Å². The quantitative estimate of drug-likeness (QED) is 0.200. The highest BCUT2D eigenvalue weighted by atomic mass is 32.1. The monoisotopic (exact) mass is 525 g/mol. The van der Waals surface area contributed by atoms with Crippen molar-refractivity contribution in [2.75, 3.05) is 4.81 Å². The number of benzene rings is 5. The fraction of sp³-hybridized carbons (Fsp3) is 0. The first-order chi connectivity index (χ1) is 19.9. The minimum absolute atomic E-state index is 0.0423. The lowest BCUT2D eigenvalue weighted by Gasteiger charge is -2.33. The molecule has 40 heavy (non-hydrogen) atoms. The van der Waals surface area contributed by atoms with Gasteiger partial charge in [0.2, 0.25) is 0 Å². The molecular formula is C35H20BN3S. The minimum Gasteiger partial charge on any atom is -0.359 e. The minimum atomic E-state index is 0.0423. The molecule has 0 saturated carbocycles. The van der Waals surface area contributed by atoms with Crippen LogP contribution in [0.3, 0.4) is 0 Å². The van der Waals surface area contributed by atoms with Gasteiger partial charge in [-0.15, -0.1) is 11.3 Å². The normalized spacial score (nSPS) is 13.4. The molecule has 5 heterocycles. The largest absolute Gasteiger partial charge is 0.421 e. The van der Waals surface area contributed by atoms with Crippen molar-refractivity contribution in [2.24, 2.45) is 0 Å². The third-order valence-electron chi connectivity index (χ3n) is 8.79. The van der Waals surface area contributed by atoms with Crippen LogP contribution in [0.1, 0.15) is 0 Å². The van der Waals surface area contributed by atoms with Gasteiger partial charge in [-0.05, 0) is 53.0 Å². The van der Waals surface area contributed by atoms with Crippen molar-refractivity contribution in [3.8, 4) is 22.4 Å². The van der Waals surface area contributed by atoms with E-state index in [9.17, 15) is 0 Å². The molecule has 0 aliphatic carbocycles. The number of fused-ring (bicyclic) bond motifs is 14. The van der Waals surface area contributed by atoms with E-state index in [1.165, 1.54) is 69.8 Å². The van der Waals surface area contributed by atoms with Gasteiger partial charge in [0.25, 0.3) is 0 Å². The molecule has 3 nitrogen and oxygen atoms in total.